The van der Waals surface area contributed by atoms with Crippen LogP contribution in [0.4, 0.5) is 15.8 Å². The lowest BCUT2D eigenvalue weighted by Crippen LogP contribution is -2.46. The molecule has 418 valence electrons. The second kappa shape index (κ2) is 21.7. The number of anilines is 2. The molecule has 7 N–H and O–H groups in total. The number of phenolic OH excluding ortho intramolecular Hbond substituents is 3. The monoisotopic (exact) mass is 1080 g/mol. The zero-order chi connectivity index (χ0) is 57.1. The molecule has 10 atom stereocenters. The molecule has 0 radical (unpaired) electrons. The van der Waals surface area contributed by atoms with Gasteiger partial charge in [0.05, 0.1) is 76.4 Å². The summed E-state index contributed by atoms with van der Waals surface area (Å²) in [5, 5.41) is 77.5. The number of benzene rings is 2. The van der Waals surface area contributed by atoms with Crippen molar-refractivity contribution in [1.82, 2.24) is 9.41 Å². The summed E-state index contributed by atoms with van der Waals surface area (Å²) in [6, 6.07) is 0.988. The van der Waals surface area contributed by atoms with Gasteiger partial charge in [-0.25, -0.2) is 9.18 Å². The van der Waals surface area contributed by atoms with Crippen LogP contribution >= 0.6 is 0 Å². The van der Waals surface area contributed by atoms with Crippen molar-refractivity contribution in [2.75, 3.05) is 37.5 Å². The van der Waals surface area contributed by atoms with Crippen LogP contribution in [0.3, 0.4) is 0 Å². The van der Waals surface area contributed by atoms with Gasteiger partial charge in [0.25, 0.3) is 17.2 Å². The van der Waals surface area contributed by atoms with Crippen LogP contribution in [0.1, 0.15) is 117 Å². The summed E-state index contributed by atoms with van der Waals surface area (Å²) in [6.07, 6.45) is 7.38. The van der Waals surface area contributed by atoms with Crippen LogP contribution in [0.2, 0.25) is 0 Å². The molecule has 1 amide bonds. The number of hydrogen-bond acceptors (Lipinski definition) is 17. The summed E-state index contributed by atoms with van der Waals surface area (Å²) in [4.78, 5) is 68.4. The Bertz CT molecular complexity index is 3310. The molecule has 1 unspecified atom stereocenters. The zero-order valence-electron chi connectivity index (χ0n) is 45.5. The lowest BCUT2D eigenvalue weighted by Gasteiger charge is -2.38. The number of carbonyl (C=O) groups excluding carboxylic acids is 3. The SMILES string of the molecule is CO[C@H]1/C=C/O[C@@]2(C)Oc3c(C)c(O)c4c(O)c(c(/C=N\N(C)C5CCN(c6c(F)cn7c(=O)c(C(=O)O)cc(C8CC8)c7c6C)C5)c(O)c4c3C2=O)NC(=O)/C(C)=C\C=C\[C@@H](C)[C@H](O)[C@@H](C)[C@H](O)[C@@H](C)[C@H](OC(C)=O)[C@@H]1C. The lowest BCUT2D eigenvalue weighted by atomic mass is 9.78. The molecule has 1 saturated heterocycles. The quantitative estimate of drug-likeness (QED) is 0.0309. The number of carboxylic acid groups (broad SMARTS) is 1. The van der Waals surface area contributed by atoms with Gasteiger partial charge in [0.15, 0.2) is 11.6 Å². The highest BCUT2D eigenvalue weighted by Gasteiger charge is 2.50. The number of aromatic hydroxyl groups is 3. The van der Waals surface area contributed by atoms with Gasteiger partial charge in [-0.2, -0.15) is 5.10 Å². The number of aliphatic hydroxyl groups is 2. The molecule has 6 heterocycles. The number of aromatic carboxylic acids is 1. The number of likely N-dealkylation sites (N-methyl/N-ethyl adjacent to an activating group) is 1. The van der Waals surface area contributed by atoms with Gasteiger partial charge >= 0.3 is 17.7 Å². The van der Waals surface area contributed by atoms with Crippen LogP contribution in [-0.2, 0) is 23.8 Å². The highest BCUT2D eigenvalue weighted by molar-refractivity contribution is 6.24. The largest absolute Gasteiger partial charge is 0.507 e. The van der Waals surface area contributed by atoms with E-state index in [1.807, 2.05) is 4.90 Å². The minimum atomic E-state index is -2.15. The topological polar surface area (TPSA) is 279 Å². The van der Waals surface area contributed by atoms with Crippen LogP contribution in [0.5, 0.6) is 23.0 Å². The van der Waals surface area contributed by atoms with Crippen LogP contribution in [0.25, 0.3) is 16.3 Å². The van der Waals surface area contributed by atoms with Gasteiger partial charge in [-0.3, -0.25) is 28.6 Å². The number of ether oxygens (including phenoxy) is 4. The maximum absolute atomic E-state index is 16.2. The molecule has 0 spiro atoms. The second-order valence-corrected chi connectivity index (χ2v) is 21.4. The number of rotatable bonds is 8. The molecule has 20 nitrogen and oxygen atoms in total. The number of carbonyl (C=O) groups is 4. The number of hydrogen-bond donors (Lipinski definition) is 7. The van der Waals surface area contributed by atoms with E-state index in [9.17, 15) is 54.6 Å². The molecule has 4 aromatic rings. The van der Waals surface area contributed by atoms with E-state index in [0.29, 0.717) is 29.6 Å². The van der Waals surface area contributed by atoms with Crippen LogP contribution in [-0.4, -0.2) is 133 Å². The fourth-order valence-corrected chi connectivity index (χ4v) is 11.3. The maximum atomic E-state index is 16.2. The number of ketones is 1. The maximum Gasteiger partial charge on any atom is 0.341 e. The fraction of sp³-hybridized carbons (Fsp3) is 0.474. The van der Waals surface area contributed by atoms with E-state index < -0.39 is 129 Å². The molecule has 9 rings (SSSR count). The number of Topliss-reactive ketones (excluding diaryl/α,β-unsaturated/α-hetero) is 1. The predicted octanol–water partition coefficient (Wildman–Crippen LogP) is 6.93. The van der Waals surface area contributed by atoms with Crippen molar-refractivity contribution in [2.45, 2.75) is 124 Å². The van der Waals surface area contributed by atoms with Crippen molar-refractivity contribution in [1.29, 1.82) is 0 Å². The van der Waals surface area contributed by atoms with Gasteiger partial charge < -0.3 is 59.8 Å². The molecule has 1 saturated carbocycles. The zero-order valence-corrected chi connectivity index (χ0v) is 45.5. The fourth-order valence-electron chi connectivity index (χ4n) is 11.3. The number of methoxy groups -OCH3 is 1. The first-order chi connectivity index (χ1) is 36.7. The van der Waals surface area contributed by atoms with Crippen molar-refractivity contribution < 1.29 is 73.2 Å². The third-order valence-electron chi connectivity index (χ3n) is 16.1. The number of amides is 1. The van der Waals surface area contributed by atoms with E-state index in [2.05, 4.69) is 10.4 Å². The van der Waals surface area contributed by atoms with E-state index in [0.717, 1.165) is 29.7 Å². The van der Waals surface area contributed by atoms with E-state index >= 15 is 4.39 Å². The number of pyridine rings is 2. The molecule has 21 heteroatoms. The third kappa shape index (κ3) is 10.1. The molecule has 5 aliphatic rings. The first-order valence-corrected chi connectivity index (χ1v) is 26.0. The van der Waals surface area contributed by atoms with Gasteiger partial charge in [-0.1, -0.05) is 45.9 Å². The number of carboxylic acids is 1. The Morgan fingerprint density at radius 1 is 0.949 bits per heavy atom. The molecule has 78 heavy (non-hydrogen) atoms. The Labute approximate surface area is 449 Å². The van der Waals surface area contributed by atoms with Gasteiger partial charge in [-0.15, -0.1) is 0 Å². The van der Waals surface area contributed by atoms with Gasteiger partial charge in [-0.05, 0) is 69.2 Å². The number of aromatic nitrogens is 1. The van der Waals surface area contributed by atoms with Crippen molar-refractivity contribution >= 4 is 57.5 Å². The number of hydrazone groups is 1. The summed E-state index contributed by atoms with van der Waals surface area (Å²) in [5.74, 6) is -11.4. The first-order valence-electron chi connectivity index (χ1n) is 26.0. The van der Waals surface area contributed by atoms with Crippen molar-refractivity contribution in [3.8, 4) is 23.0 Å². The van der Waals surface area contributed by atoms with Gasteiger partial charge in [0, 0.05) is 81.3 Å². The molecule has 4 aliphatic heterocycles. The average Bonchev–Trinajstić information content (AvgIpc) is 4.25. The van der Waals surface area contributed by atoms with Crippen molar-refractivity contribution in [2.24, 2.45) is 28.8 Å². The van der Waals surface area contributed by atoms with E-state index in [-0.39, 0.29) is 51.5 Å². The molecular formula is C57H68FN5O15. The molecule has 2 aromatic carbocycles. The van der Waals surface area contributed by atoms with E-state index in [1.54, 1.807) is 58.8 Å². The summed E-state index contributed by atoms with van der Waals surface area (Å²) in [5.41, 5.74) is -0.328. The van der Waals surface area contributed by atoms with Crippen LogP contribution in [0.15, 0.2) is 58.3 Å². The Morgan fingerprint density at radius 3 is 2.28 bits per heavy atom. The average molecular weight is 1080 g/mol. The number of aryl methyl sites for hydroxylation is 1. The smallest absolute Gasteiger partial charge is 0.341 e. The molecule has 2 fully saturated rings. The molecule has 5 bridgehead atoms. The number of aliphatic hydroxyl groups excluding tert-OH is 2. The summed E-state index contributed by atoms with van der Waals surface area (Å²) < 4.78 is 41.1. The summed E-state index contributed by atoms with van der Waals surface area (Å²) in [7, 11) is 3.05. The minimum absolute atomic E-state index is 0.0163. The molecular weight excluding hydrogens is 1010 g/mol. The third-order valence-corrected chi connectivity index (χ3v) is 16.1. The van der Waals surface area contributed by atoms with E-state index in [4.69, 9.17) is 18.9 Å². The Hall–Kier alpha value is -7.49. The standard InChI is InChI=1S/C57H68FN5O15/c1-25-13-12-14-26(2)54(71)60-43-37(22-59-61(10)34-17-19-62(23-34)45-28(4)44-35(33-15-16-33)21-36(56(73)74)55(72)63(44)24-38(45)58)49(68)40-41(50(43)69)48(67)31(7)52-42(40)53(70)57(9,78-52)76-20-18-39(75-11)27(3)51(77-32(8)64)30(6)47(66)29(5)46(25)65/h12-14,18,20-22,24-25,27,29-30,33-34,39,46-47,51,65-69H,15-17,19,23H2,1-11H3,(H,60,71)(H,73,74)/b13-12+,20-18+,26-14-,59-22-/t25-,27-,29-,30-,34?,39+,46+,47+,51-,57+/m1/s1. The normalized spacial score (nSPS) is 28.6. The number of halogens is 1. The van der Waals surface area contributed by atoms with Gasteiger partial charge in [0.1, 0.15) is 28.9 Å². The summed E-state index contributed by atoms with van der Waals surface area (Å²) in [6.45, 7) is 14.5. The predicted molar refractivity (Wildman–Crippen MR) is 287 cm³/mol. The highest BCUT2D eigenvalue weighted by Crippen LogP contribution is 2.55. The van der Waals surface area contributed by atoms with Crippen molar-refractivity contribution in [3.63, 3.8) is 0 Å². The number of phenols is 3. The van der Waals surface area contributed by atoms with Gasteiger partial charge in [0.2, 0.25) is 0 Å². The van der Waals surface area contributed by atoms with E-state index in [1.165, 1.54) is 59.2 Å². The molecule has 2 aromatic heterocycles. The first kappa shape index (κ1) is 56.7. The second-order valence-electron chi connectivity index (χ2n) is 21.4. The number of nitrogens with zero attached hydrogens (tertiary/aromatic N) is 4. The number of allylic oxidation sites excluding steroid dienone is 2. The van der Waals surface area contributed by atoms with Crippen molar-refractivity contribution in [3.05, 3.63) is 98.0 Å². The van der Waals surface area contributed by atoms with Crippen LogP contribution < -0.4 is 20.5 Å². The number of esters is 1. The summed E-state index contributed by atoms with van der Waals surface area (Å²) >= 11 is 0. The van der Waals surface area contributed by atoms with Crippen LogP contribution in [0, 0.1) is 43.3 Å². The Morgan fingerprint density at radius 2 is 1.64 bits per heavy atom. The Kier molecular flexibility index (Phi) is 15.8. The molecule has 1 aliphatic carbocycles. The number of fused-ring (bicyclic) bond motifs is 15. The Balaban J connectivity index is 1.20. The highest BCUT2D eigenvalue weighted by atomic mass is 19.1. The lowest BCUT2D eigenvalue weighted by molar-refractivity contribution is -0.160. The number of nitrogens with one attached hydrogen (secondary N) is 1. The minimum Gasteiger partial charge on any atom is -0.507 e.